The molecule has 1 saturated heterocycles. The zero-order valence-electron chi connectivity index (χ0n) is 9.11. The quantitative estimate of drug-likeness (QED) is 0.570. The molecule has 0 spiro atoms. The lowest BCUT2D eigenvalue weighted by Crippen LogP contribution is -2.38. The molecule has 1 aliphatic heterocycles. The molecule has 4 nitrogen and oxygen atoms in total. The molecule has 1 heterocycles. The summed E-state index contributed by atoms with van der Waals surface area (Å²) in [5.74, 6) is 0. The molecule has 0 bridgehead atoms. The van der Waals surface area contributed by atoms with Crippen molar-refractivity contribution < 1.29 is 13.2 Å². The lowest BCUT2D eigenvalue weighted by atomic mass is 10.2. The predicted molar refractivity (Wildman–Crippen MR) is 60.2 cm³/mol. The number of nitrogens with one attached hydrogen (secondary N) is 1. The Bertz CT molecular complexity index is 292. The third-order valence-corrected chi connectivity index (χ3v) is 4.41. The SMILES string of the molecule is C/C=C/CCNS(=O)(=O)C1CCOCC1. The second-order valence-corrected chi connectivity index (χ2v) is 5.65. The Morgan fingerprint density at radius 2 is 2.07 bits per heavy atom. The molecule has 0 unspecified atom stereocenters. The molecule has 0 atom stereocenters. The van der Waals surface area contributed by atoms with Crippen LogP contribution in [0.3, 0.4) is 0 Å². The van der Waals surface area contributed by atoms with E-state index in [4.69, 9.17) is 4.74 Å². The topological polar surface area (TPSA) is 55.4 Å². The van der Waals surface area contributed by atoms with Gasteiger partial charge in [-0.2, -0.15) is 0 Å². The van der Waals surface area contributed by atoms with Crippen molar-refractivity contribution in [1.82, 2.24) is 4.72 Å². The van der Waals surface area contributed by atoms with Gasteiger partial charge in [-0.05, 0) is 26.2 Å². The molecule has 0 aromatic rings. The Balaban J connectivity index is 2.36. The molecule has 88 valence electrons. The summed E-state index contributed by atoms with van der Waals surface area (Å²) >= 11 is 0. The zero-order chi connectivity index (χ0) is 11.1. The second-order valence-electron chi connectivity index (χ2n) is 3.61. The fourth-order valence-corrected chi connectivity index (χ4v) is 3.01. The van der Waals surface area contributed by atoms with Gasteiger partial charge in [0.2, 0.25) is 10.0 Å². The van der Waals surface area contributed by atoms with Crippen LogP contribution in [-0.2, 0) is 14.8 Å². The van der Waals surface area contributed by atoms with Gasteiger partial charge in [-0.25, -0.2) is 13.1 Å². The van der Waals surface area contributed by atoms with Crippen molar-refractivity contribution in [3.63, 3.8) is 0 Å². The molecule has 5 heteroatoms. The number of rotatable bonds is 5. The Morgan fingerprint density at radius 3 is 2.67 bits per heavy atom. The van der Waals surface area contributed by atoms with Crippen LogP contribution in [-0.4, -0.2) is 33.4 Å². The van der Waals surface area contributed by atoms with Crippen molar-refractivity contribution in [2.24, 2.45) is 0 Å². The summed E-state index contributed by atoms with van der Waals surface area (Å²) in [7, 11) is -3.13. The summed E-state index contributed by atoms with van der Waals surface area (Å²) in [5.41, 5.74) is 0. The van der Waals surface area contributed by atoms with Crippen LogP contribution in [0.25, 0.3) is 0 Å². The second kappa shape index (κ2) is 6.25. The molecule has 1 fully saturated rings. The van der Waals surface area contributed by atoms with Gasteiger partial charge in [0.05, 0.1) is 5.25 Å². The maximum absolute atomic E-state index is 11.8. The Hall–Kier alpha value is -0.390. The highest BCUT2D eigenvalue weighted by Crippen LogP contribution is 2.14. The summed E-state index contributed by atoms with van der Waals surface area (Å²) in [6, 6.07) is 0. The van der Waals surface area contributed by atoms with Gasteiger partial charge >= 0.3 is 0 Å². The normalized spacial score (nSPS) is 19.8. The first-order valence-corrected chi connectivity index (χ1v) is 6.89. The van der Waals surface area contributed by atoms with E-state index in [1.807, 2.05) is 19.1 Å². The molecule has 1 N–H and O–H groups in total. The average molecular weight is 233 g/mol. The smallest absolute Gasteiger partial charge is 0.214 e. The lowest BCUT2D eigenvalue weighted by Gasteiger charge is -2.22. The van der Waals surface area contributed by atoms with Crippen molar-refractivity contribution in [3.8, 4) is 0 Å². The molecule has 0 aromatic carbocycles. The molecule has 1 rings (SSSR count). The Labute approximate surface area is 91.8 Å². The molecule has 0 aliphatic carbocycles. The minimum Gasteiger partial charge on any atom is -0.381 e. The molecule has 0 amide bonds. The van der Waals surface area contributed by atoms with Crippen LogP contribution in [0.2, 0.25) is 0 Å². The van der Waals surface area contributed by atoms with E-state index in [2.05, 4.69) is 4.72 Å². The molecular formula is C10H19NO3S. The minimum absolute atomic E-state index is 0.267. The largest absolute Gasteiger partial charge is 0.381 e. The van der Waals surface area contributed by atoms with Gasteiger partial charge in [-0.3, -0.25) is 0 Å². The average Bonchev–Trinajstić information content (AvgIpc) is 2.26. The molecule has 0 aromatic heterocycles. The third-order valence-electron chi connectivity index (χ3n) is 2.46. The van der Waals surface area contributed by atoms with Crippen molar-refractivity contribution in [2.45, 2.75) is 31.4 Å². The summed E-state index contributed by atoms with van der Waals surface area (Å²) in [6.45, 7) is 3.53. The third kappa shape index (κ3) is 4.32. The molecule has 15 heavy (non-hydrogen) atoms. The minimum atomic E-state index is -3.13. The lowest BCUT2D eigenvalue weighted by molar-refractivity contribution is 0.0981. The number of hydrogen-bond donors (Lipinski definition) is 1. The summed E-state index contributed by atoms with van der Waals surface area (Å²) < 4.78 is 31.3. The van der Waals surface area contributed by atoms with Crippen molar-refractivity contribution in [2.75, 3.05) is 19.8 Å². The van der Waals surface area contributed by atoms with Gasteiger partial charge in [0.25, 0.3) is 0 Å². The Morgan fingerprint density at radius 1 is 1.40 bits per heavy atom. The summed E-state index contributed by atoms with van der Waals surface area (Å²) in [6.07, 6.45) is 5.84. The first kappa shape index (κ1) is 12.7. The van der Waals surface area contributed by atoms with Crippen LogP contribution in [0.4, 0.5) is 0 Å². The maximum Gasteiger partial charge on any atom is 0.214 e. The van der Waals surface area contributed by atoms with E-state index in [1.54, 1.807) is 0 Å². The Kier molecular flexibility index (Phi) is 5.28. The number of allylic oxidation sites excluding steroid dienone is 1. The van der Waals surface area contributed by atoms with Gasteiger partial charge in [-0.15, -0.1) is 0 Å². The van der Waals surface area contributed by atoms with Crippen molar-refractivity contribution >= 4 is 10.0 Å². The molecular weight excluding hydrogens is 214 g/mol. The predicted octanol–water partition coefficient (Wildman–Crippen LogP) is 1.05. The zero-order valence-corrected chi connectivity index (χ0v) is 9.92. The monoisotopic (exact) mass is 233 g/mol. The maximum atomic E-state index is 11.8. The van der Waals surface area contributed by atoms with E-state index in [0.717, 1.165) is 6.42 Å². The van der Waals surface area contributed by atoms with E-state index < -0.39 is 10.0 Å². The van der Waals surface area contributed by atoms with E-state index in [-0.39, 0.29) is 5.25 Å². The van der Waals surface area contributed by atoms with Crippen LogP contribution in [0.1, 0.15) is 26.2 Å². The fraction of sp³-hybridized carbons (Fsp3) is 0.800. The van der Waals surface area contributed by atoms with E-state index in [0.29, 0.717) is 32.6 Å². The van der Waals surface area contributed by atoms with Gasteiger partial charge in [0.1, 0.15) is 0 Å². The summed E-state index contributed by atoms with van der Waals surface area (Å²) in [4.78, 5) is 0. The number of ether oxygens (including phenoxy) is 1. The van der Waals surface area contributed by atoms with Crippen LogP contribution in [0.5, 0.6) is 0 Å². The van der Waals surface area contributed by atoms with E-state index >= 15 is 0 Å². The molecule has 0 radical (unpaired) electrons. The number of sulfonamides is 1. The van der Waals surface area contributed by atoms with Gasteiger partial charge in [0.15, 0.2) is 0 Å². The fourth-order valence-electron chi connectivity index (χ4n) is 1.56. The highest BCUT2D eigenvalue weighted by atomic mass is 32.2. The highest BCUT2D eigenvalue weighted by Gasteiger charge is 2.26. The van der Waals surface area contributed by atoms with Crippen LogP contribution >= 0.6 is 0 Å². The van der Waals surface area contributed by atoms with Crippen molar-refractivity contribution in [1.29, 1.82) is 0 Å². The van der Waals surface area contributed by atoms with Gasteiger partial charge < -0.3 is 4.74 Å². The van der Waals surface area contributed by atoms with Gasteiger partial charge in [-0.1, -0.05) is 12.2 Å². The standard InChI is InChI=1S/C10H19NO3S/c1-2-3-4-7-11-15(12,13)10-5-8-14-9-6-10/h2-3,10-11H,4-9H2,1H3/b3-2+. The van der Waals surface area contributed by atoms with E-state index in [1.165, 1.54) is 0 Å². The molecule has 1 aliphatic rings. The van der Waals surface area contributed by atoms with Crippen LogP contribution < -0.4 is 4.72 Å². The molecule has 0 saturated carbocycles. The first-order valence-electron chi connectivity index (χ1n) is 5.34. The van der Waals surface area contributed by atoms with Crippen LogP contribution in [0.15, 0.2) is 12.2 Å². The van der Waals surface area contributed by atoms with Crippen molar-refractivity contribution in [3.05, 3.63) is 12.2 Å². The summed E-state index contributed by atoms with van der Waals surface area (Å²) in [5, 5.41) is -0.267. The van der Waals surface area contributed by atoms with Gasteiger partial charge in [0, 0.05) is 19.8 Å². The van der Waals surface area contributed by atoms with Crippen LogP contribution in [0, 0.1) is 0 Å². The highest BCUT2D eigenvalue weighted by molar-refractivity contribution is 7.90. The number of hydrogen-bond acceptors (Lipinski definition) is 3. The first-order chi connectivity index (χ1) is 7.17. The van der Waals surface area contributed by atoms with E-state index in [9.17, 15) is 8.42 Å².